The quantitative estimate of drug-likeness (QED) is 0.505. The number of likely N-dealkylation sites (N-methyl/N-ethyl adjacent to an activating group) is 1. The van der Waals surface area contributed by atoms with Crippen LogP contribution in [0.5, 0.6) is 0 Å². The van der Waals surface area contributed by atoms with Crippen molar-refractivity contribution in [1.29, 1.82) is 0 Å². The summed E-state index contributed by atoms with van der Waals surface area (Å²) in [5.74, 6) is -0.321. The Morgan fingerprint density at radius 1 is 1.16 bits per heavy atom. The molecule has 0 atom stereocenters. The highest BCUT2D eigenvalue weighted by molar-refractivity contribution is 7.89. The number of sulfonamides is 1. The van der Waals surface area contributed by atoms with E-state index in [4.69, 9.17) is 0 Å². The molecule has 6 nitrogen and oxygen atoms in total. The Hall–Kier alpha value is -2.55. The molecule has 31 heavy (non-hydrogen) atoms. The van der Waals surface area contributed by atoms with Crippen molar-refractivity contribution >= 4 is 43.2 Å². The van der Waals surface area contributed by atoms with Crippen LogP contribution in [-0.4, -0.2) is 43.8 Å². The molecule has 0 fully saturated rings. The van der Waals surface area contributed by atoms with Crippen molar-refractivity contribution in [2.45, 2.75) is 30.6 Å². The predicted molar refractivity (Wildman–Crippen MR) is 125 cm³/mol. The van der Waals surface area contributed by atoms with Crippen molar-refractivity contribution in [3.05, 3.63) is 65.7 Å². The van der Waals surface area contributed by atoms with Crippen LogP contribution >= 0.6 is 11.3 Å². The standard InChI is InChI=1S/C23H25N3O3S2/c1-3-14-26(23-24-20-10-6-7-11-21(20)30-23)22(27)16-25(2)31(28,29)19-13-12-17-8-4-5-9-18(17)15-19/h3-5,8-9,12-13,15H,1,6-7,10-11,14,16H2,2H3. The number of hydrogen-bond donors (Lipinski definition) is 0. The smallest absolute Gasteiger partial charge is 0.244 e. The maximum atomic E-state index is 13.1. The molecule has 0 N–H and O–H groups in total. The van der Waals surface area contributed by atoms with Crippen molar-refractivity contribution in [3.63, 3.8) is 0 Å². The Labute approximate surface area is 186 Å². The number of benzene rings is 2. The Morgan fingerprint density at radius 2 is 1.90 bits per heavy atom. The maximum absolute atomic E-state index is 13.1. The van der Waals surface area contributed by atoms with Gasteiger partial charge in [-0.1, -0.05) is 36.4 Å². The number of hydrogen-bond acceptors (Lipinski definition) is 5. The monoisotopic (exact) mass is 455 g/mol. The van der Waals surface area contributed by atoms with E-state index >= 15 is 0 Å². The van der Waals surface area contributed by atoms with Gasteiger partial charge in [-0.05, 0) is 48.6 Å². The molecule has 1 aliphatic rings. The van der Waals surface area contributed by atoms with Gasteiger partial charge in [-0.3, -0.25) is 9.69 Å². The van der Waals surface area contributed by atoms with Crippen LogP contribution in [0.4, 0.5) is 5.13 Å². The van der Waals surface area contributed by atoms with Crippen LogP contribution < -0.4 is 4.90 Å². The van der Waals surface area contributed by atoms with Crippen molar-refractivity contribution in [3.8, 4) is 0 Å². The fourth-order valence-corrected chi connectivity index (χ4v) is 6.07. The lowest BCUT2D eigenvalue weighted by molar-refractivity contribution is -0.118. The fraction of sp³-hybridized carbons (Fsp3) is 0.304. The summed E-state index contributed by atoms with van der Waals surface area (Å²) in [7, 11) is -2.38. The molecule has 0 saturated heterocycles. The van der Waals surface area contributed by atoms with Gasteiger partial charge in [0.25, 0.3) is 0 Å². The van der Waals surface area contributed by atoms with Crippen molar-refractivity contribution in [1.82, 2.24) is 9.29 Å². The zero-order valence-electron chi connectivity index (χ0n) is 17.5. The van der Waals surface area contributed by atoms with Gasteiger partial charge in [0.2, 0.25) is 15.9 Å². The Balaban J connectivity index is 1.56. The molecule has 1 amide bonds. The SMILES string of the molecule is C=CCN(C(=O)CN(C)S(=O)(=O)c1ccc2ccccc2c1)c1nc2c(s1)CCCC2. The minimum absolute atomic E-state index is 0.168. The molecule has 0 saturated carbocycles. The van der Waals surface area contributed by atoms with Crippen LogP contribution in [0.2, 0.25) is 0 Å². The van der Waals surface area contributed by atoms with Gasteiger partial charge >= 0.3 is 0 Å². The second-order valence-electron chi connectivity index (χ2n) is 7.64. The zero-order chi connectivity index (χ0) is 22.0. The topological polar surface area (TPSA) is 70.6 Å². The number of rotatable bonds is 7. The van der Waals surface area contributed by atoms with E-state index in [1.165, 1.54) is 28.2 Å². The molecule has 0 bridgehead atoms. The van der Waals surface area contributed by atoms with Gasteiger partial charge in [0.1, 0.15) is 0 Å². The summed E-state index contributed by atoms with van der Waals surface area (Å²) in [6.45, 7) is 3.76. The van der Waals surface area contributed by atoms with Gasteiger partial charge in [0, 0.05) is 18.5 Å². The molecular formula is C23H25N3O3S2. The first kappa shape index (κ1) is 21.7. The molecule has 0 unspecified atom stereocenters. The Morgan fingerprint density at radius 3 is 2.65 bits per heavy atom. The second-order valence-corrected chi connectivity index (χ2v) is 10.7. The normalized spacial score (nSPS) is 13.9. The summed E-state index contributed by atoms with van der Waals surface area (Å²) >= 11 is 1.52. The number of thiazole rings is 1. The van der Waals surface area contributed by atoms with E-state index in [0.717, 1.165) is 46.5 Å². The number of carbonyl (C=O) groups is 1. The average Bonchev–Trinajstić information content (AvgIpc) is 3.20. The fourth-order valence-electron chi connectivity index (χ4n) is 3.74. The highest BCUT2D eigenvalue weighted by Crippen LogP contribution is 2.32. The maximum Gasteiger partial charge on any atom is 0.244 e. The number of aromatic nitrogens is 1. The van der Waals surface area contributed by atoms with E-state index < -0.39 is 10.0 Å². The highest BCUT2D eigenvalue weighted by Gasteiger charge is 2.28. The molecule has 3 aromatic rings. The first-order valence-corrected chi connectivity index (χ1v) is 12.5. The Kier molecular flexibility index (Phi) is 6.22. The third kappa shape index (κ3) is 4.42. The summed E-state index contributed by atoms with van der Waals surface area (Å²) in [5.41, 5.74) is 1.06. The molecule has 0 spiro atoms. The third-order valence-electron chi connectivity index (χ3n) is 5.47. The number of nitrogens with zero attached hydrogens (tertiary/aromatic N) is 3. The summed E-state index contributed by atoms with van der Waals surface area (Å²) in [4.78, 5) is 20.7. The summed E-state index contributed by atoms with van der Waals surface area (Å²) in [6.07, 6.45) is 5.79. The van der Waals surface area contributed by atoms with Crippen molar-refractivity contribution in [2.24, 2.45) is 0 Å². The molecular weight excluding hydrogens is 430 g/mol. The van der Waals surface area contributed by atoms with Crippen LogP contribution in [0, 0.1) is 0 Å². The molecule has 8 heteroatoms. The zero-order valence-corrected chi connectivity index (χ0v) is 19.1. The van der Waals surface area contributed by atoms with E-state index in [-0.39, 0.29) is 23.9 Å². The second kappa shape index (κ2) is 8.90. The lowest BCUT2D eigenvalue weighted by Gasteiger charge is -2.22. The van der Waals surface area contributed by atoms with Gasteiger partial charge in [-0.25, -0.2) is 13.4 Å². The van der Waals surface area contributed by atoms with Crippen LogP contribution in [0.3, 0.4) is 0 Å². The van der Waals surface area contributed by atoms with Gasteiger partial charge < -0.3 is 0 Å². The molecule has 162 valence electrons. The van der Waals surface area contributed by atoms with E-state index in [0.29, 0.717) is 5.13 Å². The van der Waals surface area contributed by atoms with Crippen LogP contribution in [0.15, 0.2) is 60.0 Å². The summed E-state index contributed by atoms with van der Waals surface area (Å²) < 4.78 is 27.3. The number of carbonyl (C=O) groups excluding carboxylic acids is 1. The number of aryl methyl sites for hydroxylation is 2. The lowest BCUT2D eigenvalue weighted by Crippen LogP contribution is -2.41. The van der Waals surface area contributed by atoms with E-state index in [2.05, 4.69) is 11.6 Å². The van der Waals surface area contributed by atoms with Crippen LogP contribution in [0.25, 0.3) is 10.8 Å². The molecule has 1 heterocycles. The predicted octanol–water partition coefficient (Wildman–Crippen LogP) is 4.01. The first-order chi connectivity index (χ1) is 14.9. The third-order valence-corrected chi connectivity index (χ3v) is 8.44. The molecule has 2 aromatic carbocycles. The van der Waals surface area contributed by atoms with E-state index in [9.17, 15) is 13.2 Å². The number of anilines is 1. The van der Waals surface area contributed by atoms with Crippen molar-refractivity contribution < 1.29 is 13.2 Å². The minimum Gasteiger partial charge on any atom is -0.283 e. The van der Waals surface area contributed by atoms with E-state index in [1.807, 2.05) is 24.3 Å². The van der Waals surface area contributed by atoms with Gasteiger partial charge in [-0.2, -0.15) is 4.31 Å². The average molecular weight is 456 g/mol. The molecule has 4 rings (SSSR count). The largest absolute Gasteiger partial charge is 0.283 e. The summed E-state index contributed by atoms with van der Waals surface area (Å²) in [6, 6.07) is 12.6. The van der Waals surface area contributed by atoms with E-state index in [1.54, 1.807) is 24.3 Å². The first-order valence-electron chi connectivity index (χ1n) is 10.2. The summed E-state index contributed by atoms with van der Waals surface area (Å²) in [5, 5.41) is 2.42. The highest BCUT2D eigenvalue weighted by atomic mass is 32.2. The van der Waals surface area contributed by atoms with Gasteiger partial charge in [0.15, 0.2) is 5.13 Å². The lowest BCUT2D eigenvalue weighted by atomic mass is 10.0. The molecule has 0 radical (unpaired) electrons. The minimum atomic E-state index is -3.82. The number of fused-ring (bicyclic) bond motifs is 2. The van der Waals surface area contributed by atoms with Gasteiger partial charge in [-0.15, -0.1) is 17.9 Å². The molecule has 1 aliphatic carbocycles. The van der Waals surface area contributed by atoms with Crippen molar-refractivity contribution in [2.75, 3.05) is 25.0 Å². The van der Waals surface area contributed by atoms with Crippen LogP contribution in [-0.2, 0) is 27.7 Å². The molecule has 0 aliphatic heterocycles. The molecule has 1 aromatic heterocycles. The number of amides is 1. The van der Waals surface area contributed by atoms with Gasteiger partial charge in [0.05, 0.1) is 17.1 Å². The van der Waals surface area contributed by atoms with Crippen LogP contribution in [0.1, 0.15) is 23.4 Å². The Bertz CT molecular complexity index is 1210.